The number of hydrogen-bond acceptors (Lipinski definition) is 2. The molecule has 2 atom stereocenters. The van der Waals surface area contributed by atoms with Gasteiger partial charge in [0, 0.05) is 0 Å². The highest BCUT2D eigenvalue weighted by molar-refractivity contribution is 4.71. The van der Waals surface area contributed by atoms with Gasteiger partial charge in [0.2, 0.25) is 0 Å². The van der Waals surface area contributed by atoms with E-state index in [4.69, 9.17) is 4.74 Å². The third-order valence-corrected chi connectivity index (χ3v) is 3.30. The number of ether oxygens (including phenoxy) is 1. The molecule has 1 aliphatic carbocycles. The van der Waals surface area contributed by atoms with Crippen LogP contribution in [0.1, 0.15) is 65.2 Å². The minimum absolute atomic E-state index is 0.0630. The lowest BCUT2D eigenvalue weighted by atomic mass is 9.97. The highest BCUT2D eigenvalue weighted by Crippen LogP contribution is 2.23. The molecule has 0 amide bonds. The summed E-state index contributed by atoms with van der Waals surface area (Å²) in [6.07, 6.45) is 9.82. The summed E-state index contributed by atoms with van der Waals surface area (Å²) in [4.78, 5) is 0. The van der Waals surface area contributed by atoms with Gasteiger partial charge in [-0.1, -0.05) is 39.0 Å². The van der Waals surface area contributed by atoms with Crippen LogP contribution in [0, 0.1) is 0 Å². The van der Waals surface area contributed by atoms with Crippen LogP contribution >= 0.6 is 0 Å². The minimum atomic E-state index is -0.321. The summed E-state index contributed by atoms with van der Waals surface area (Å²) in [7, 11) is 0. The molecule has 2 heteroatoms. The third kappa shape index (κ3) is 4.98. The predicted molar refractivity (Wildman–Crippen MR) is 63.0 cm³/mol. The van der Waals surface area contributed by atoms with Crippen LogP contribution in [0.2, 0.25) is 0 Å². The quantitative estimate of drug-likeness (QED) is 0.735. The van der Waals surface area contributed by atoms with Gasteiger partial charge in [0.1, 0.15) is 0 Å². The van der Waals surface area contributed by atoms with E-state index in [1.54, 1.807) is 0 Å². The SMILES string of the molecule is CCCCC(OC1CCCCC1)C(C)O. The fraction of sp³-hybridized carbons (Fsp3) is 1.00. The summed E-state index contributed by atoms with van der Waals surface area (Å²) < 4.78 is 6.00. The molecule has 0 aliphatic heterocycles. The van der Waals surface area contributed by atoms with Gasteiger partial charge in [0.15, 0.2) is 0 Å². The standard InChI is InChI=1S/C13H26O2/c1-3-4-10-13(11(2)14)15-12-8-6-5-7-9-12/h11-14H,3-10H2,1-2H3. The van der Waals surface area contributed by atoms with E-state index in [-0.39, 0.29) is 12.2 Å². The van der Waals surface area contributed by atoms with Crippen molar-refractivity contribution in [2.24, 2.45) is 0 Å². The first-order valence-corrected chi connectivity index (χ1v) is 6.57. The molecule has 1 aliphatic rings. The lowest BCUT2D eigenvalue weighted by molar-refractivity contribution is -0.0854. The van der Waals surface area contributed by atoms with Gasteiger partial charge in [-0.15, -0.1) is 0 Å². The van der Waals surface area contributed by atoms with Gasteiger partial charge in [-0.3, -0.25) is 0 Å². The van der Waals surface area contributed by atoms with Gasteiger partial charge in [-0.25, -0.2) is 0 Å². The average molecular weight is 214 g/mol. The van der Waals surface area contributed by atoms with E-state index in [0.29, 0.717) is 6.10 Å². The molecule has 1 N–H and O–H groups in total. The first-order chi connectivity index (χ1) is 7.24. The van der Waals surface area contributed by atoms with Crippen molar-refractivity contribution in [2.75, 3.05) is 0 Å². The Morgan fingerprint density at radius 1 is 1.27 bits per heavy atom. The smallest absolute Gasteiger partial charge is 0.0834 e. The number of aliphatic hydroxyl groups excluding tert-OH is 1. The fourth-order valence-electron chi connectivity index (χ4n) is 2.28. The first-order valence-electron chi connectivity index (χ1n) is 6.57. The zero-order valence-corrected chi connectivity index (χ0v) is 10.2. The fourth-order valence-corrected chi connectivity index (χ4v) is 2.28. The lowest BCUT2D eigenvalue weighted by Crippen LogP contribution is -2.32. The van der Waals surface area contributed by atoms with E-state index in [9.17, 15) is 5.11 Å². The van der Waals surface area contributed by atoms with Crippen LogP contribution in [-0.2, 0) is 4.74 Å². The molecule has 0 radical (unpaired) electrons. The van der Waals surface area contributed by atoms with Crippen LogP contribution < -0.4 is 0 Å². The molecule has 0 aromatic heterocycles. The Hall–Kier alpha value is -0.0800. The molecular formula is C13H26O2. The maximum absolute atomic E-state index is 9.64. The third-order valence-electron chi connectivity index (χ3n) is 3.30. The van der Waals surface area contributed by atoms with Gasteiger partial charge in [0.25, 0.3) is 0 Å². The van der Waals surface area contributed by atoms with Crippen LogP contribution in [0.25, 0.3) is 0 Å². The largest absolute Gasteiger partial charge is 0.391 e. The topological polar surface area (TPSA) is 29.5 Å². The highest BCUT2D eigenvalue weighted by atomic mass is 16.5. The monoisotopic (exact) mass is 214 g/mol. The second-order valence-electron chi connectivity index (χ2n) is 4.82. The Bertz CT molecular complexity index is 151. The molecule has 1 fully saturated rings. The molecule has 1 rings (SSSR count). The van der Waals surface area contributed by atoms with Crippen molar-refractivity contribution in [2.45, 2.75) is 83.5 Å². The number of aliphatic hydroxyl groups is 1. The molecule has 15 heavy (non-hydrogen) atoms. The van der Waals surface area contributed by atoms with Gasteiger partial charge >= 0.3 is 0 Å². The maximum Gasteiger partial charge on any atom is 0.0834 e. The second kappa shape index (κ2) is 7.24. The number of rotatable bonds is 6. The Labute approximate surface area is 94.0 Å². The summed E-state index contributed by atoms with van der Waals surface area (Å²) in [5, 5.41) is 9.64. The van der Waals surface area contributed by atoms with Gasteiger partial charge in [-0.05, 0) is 26.2 Å². The summed E-state index contributed by atoms with van der Waals surface area (Å²) >= 11 is 0. The molecular weight excluding hydrogens is 188 g/mol. The van der Waals surface area contributed by atoms with Crippen LogP contribution in [0.5, 0.6) is 0 Å². The van der Waals surface area contributed by atoms with E-state index < -0.39 is 0 Å². The zero-order chi connectivity index (χ0) is 11.1. The van der Waals surface area contributed by atoms with E-state index in [0.717, 1.165) is 12.8 Å². The maximum atomic E-state index is 9.64. The van der Waals surface area contributed by atoms with Crippen molar-refractivity contribution in [3.63, 3.8) is 0 Å². The van der Waals surface area contributed by atoms with E-state index >= 15 is 0 Å². The molecule has 0 bridgehead atoms. The van der Waals surface area contributed by atoms with Crippen LogP contribution in [-0.4, -0.2) is 23.4 Å². The molecule has 2 unspecified atom stereocenters. The summed E-state index contributed by atoms with van der Waals surface area (Å²) in [6, 6.07) is 0. The average Bonchev–Trinajstić information content (AvgIpc) is 2.25. The Kier molecular flexibility index (Phi) is 6.26. The van der Waals surface area contributed by atoms with Crippen molar-refractivity contribution in [1.29, 1.82) is 0 Å². The minimum Gasteiger partial charge on any atom is -0.391 e. The normalized spacial score (nSPS) is 22.6. The first kappa shape index (κ1) is 13.0. The lowest BCUT2D eigenvalue weighted by Gasteiger charge is -2.29. The van der Waals surface area contributed by atoms with Crippen molar-refractivity contribution in [3.05, 3.63) is 0 Å². The molecule has 90 valence electrons. The van der Waals surface area contributed by atoms with E-state index in [1.165, 1.54) is 38.5 Å². The summed E-state index contributed by atoms with van der Waals surface area (Å²) in [5.41, 5.74) is 0. The van der Waals surface area contributed by atoms with Crippen LogP contribution in [0.4, 0.5) is 0 Å². The summed E-state index contributed by atoms with van der Waals surface area (Å²) in [6.45, 7) is 4.03. The Morgan fingerprint density at radius 2 is 1.93 bits per heavy atom. The molecule has 0 aromatic rings. The summed E-state index contributed by atoms with van der Waals surface area (Å²) in [5.74, 6) is 0. The Morgan fingerprint density at radius 3 is 2.47 bits per heavy atom. The van der Waals surface area contributed by atoms with Crippen LogP contribution in [0.3, 0.4) is 0 Å². The van der Waals surface area contributed by atoms with Crippen LogP contribution in [0.15, 0.2) is 0 Å². The zero-order valence-electron chi connectivity index (χ0n) is 10.2. The molecule has 0 spiro atoms. The van der Waals surface area contributed by atoms with Crippen molar-refractivity contribution in [3.8, 4) is 0 Å². The van der Waals surface area contributed by atoms with Gasteiger partial charge in [-0.2, -0.15) is 0 Å². The highest BCUT2D eigenvalue weighted by Gasteiger charge is 2.21. The molecule has 0 saturated heterocycles. The molecule has 2 nitrogen and oxygen atoms in total. The predicted octanol–water partition coefficient (Wildman–Crippen LogP) is 3.28. The van der Waals surface area contributed by atoms with E-state index in [2.05, 4.69) is 6.92 Å². The molecule has 0 aromatic carbocycles. The number of unbranched alkanes of at least 4 members (excludes halogenated alkanes) is 1. The van der Waals surface area contributed by atoms with E-state index in [1.807, 2.05) is 6.92 Å². The van der Waals surface area contributed by atoms with Crippen molar-refractivity contribution < 1.29 is 9.84 Å². The molecule has 0 heterocycles. The van der Waals surface area contributed by atoms with Gasteiger partial charge in [0.05, 0.1) is 18.3 Å². The van der Waals surface area contributed by atoms with Crippen molar-refractivity contribution in [1.82, 2.24) is 0 Å². The van der Waals surface area contributed by atoms with Gasteiger partial charge < -0.3 is 9.84 Å². The second-order valence-corrected chi connectivity index (χ2v) is 4.82. The van der Waals surface area contributed by atoms with Crippen molar-refractivity contribution >= 4 is 0 Å². The number of hydrogen-bond donors (Lipinski definition) is 1. The Balaban J connectivity index is 2.28. The molecule has 1 saturated carbocycles.